The first-order valence-electron chi connectivity index (χ1n) is 16.7. The van der Waals surface area contributed by atoms with Crippen LogP contribution in [0.3, 0.4) is 0 Å². The fraction of sp³-hybridized carbons (Fsp3) is 1.00. The third-order valence-electron chi connectivity index (χ3n) is 13.6. The van der Waals surface area contributed by atoms with Crippen LogP contribution in [0.15, 0.2) is 0 Å². The molecule has 0 unspecified atom stereocenters. The molecule has 0 aromatic carbocycles. The fourth-order valence-corrected chi connectivity index (χ4v) is 11.3. The van der Waals surface area contributed by atoms with E-state index < -0.39 is 55.5 Å². The predicted octanol–water partition coefficient (Wildman–Crippen LogP) is 1.52. The topological polar surface area (TPSA) is 158 Å². The number of ether oxygens (including phenoxy) is 4. The Balaban J connectivity index is 1.02. The maximum Gasteiger partial charge on any atom is 0.195 e. The van der Waals surface area contributed by atoms with Gasteiger partial charge in [-0.25, -0.2) is 0 Å². The zero-order chi connectivity index (χ0) is 29.7. The molecule has 3 saturated heterocycles. The zero-order valence-corrected chi connectivity index (χ0v) is 25.2. The monoisotopic (exact) mass is 596 g/mol. The Kier molecular flexibility index (Phi) is 7.82. The third kappa shape index (κ3) is 4.49. The fourth-order valence-electron chi connectivity index (χ4n) is 11.3. The molecule has 10 heteroatoms. The van der Waals surface area contributed by atoms with E-state index in [2.05, 4.69) is 13.8 Å². The summed E-state index contributed by atoms with van der Waals surface area (Å²) in [6.45, 7) is 6.03. The van der Waals surface area contributed by atoms with E-state index in [4.69, 9.17) is 18.9 Å². The molecule has 7 rings (SSSR count). The normalized spacial score (nSPS) is 60.9. The van der Waals surface area contributed by atoms with Crippen LogP contribution < -0.4 is 0 Å². The molecular formula is C32H52O10. The van der Waals surface area contributed by atoms with Gasteiger partial charge in [0.1, 0.15) is 30.5 Å². The van der Waals surface area contributed by atoms with Crippen LogP contribution >= 0.6 is 0 Å². The van der Waals surface area contributed by atoms with Crippen LogP contribution in [0.2, 0.25) is 0 Å². The molecule has 4 aliphatic carbocycles. The van der Waals surface area contributed by atoms with E-state index in [0.29, 0.717) is 35.5 Å². The highest BCUT2D eigenvalue weighted by Crippen LogP contribution is 2.67. The van der Waals surface area contributed by atoms with Crippen LogP contribution in [0.5, 0.6) is 0 Å². The largest absolute Gasteiger partial charge is 0.394 e. The van der Waals surface area contributed by atoms with Crippen LogP contribution in [0.1, 0.15) is 78.6 Å². The second-order valence-corrected chi connectivity index (χ2v) is 15.4. The number of rotatable bonds is 4. The van der Waals surface area contributed by atoms with Crippen molar-refractivity contribution in [1.29, 1.82) is 0 Å². The highest BCUT2D eigenvalue weighted by atomic mass is 16.8. The van der Waals surface area contributed by atoms with Gasteiger partial charge < -0.3 is 49.6 Å². The molecule has 10 nitrogen and oxygen atoms in total. The summed E-state index contributed by atoms with van der Waals surface area (Å²) in [5.74, 6) is 1.82. The van der Waals surface area contributed by atoms with E-state index in [1.54, 1.807) is 0 Å². The minimum Gasteiger partial charge on any atom is -0.394 e. The van der Waals surface area contributed by atoms with Crippen LogP contribution in [0.4, 0.5) is 0 Å². The van der Waals surface area contributed by atoms with E-state index in [0.717, 1.165) is 31.6 Å². The molecule has 0 radical (unpaired) electrons. The summed E-state index contributed by atoms with van der Waals surface area (Å²) in [4.78, 5) is 0. The molecule has 4 saturated carbocycles. The summed E-state index contributed by atoms with van der Waals surface area (Å²) in [6.07, 6.45) is 1.00. The first-order chi connectivity index (χ1) is 20.0. The number of hydrogen-bond acceptors (Lipinski definition) is 10. The molecule has 0 amide bonds. The maximum absolute atomic E-state index is 12.0. The average Bonchev–Trinajstić information content (AvgIpc) is 3.60. The van der Waals surface area contributed by atoms with E-state index in [1.165, 1.54) is 25.7 Å². The van der Waals surface area contributed by atoms with Crippen LogP contribution in [-0.4, -0.2) is 98.3 Å². The molecule has 6 N–H and O–H groups in total. The summed E-state index contributed by atoms with van der Waals surface area (Å²) in [6, 6.07) is 0. The van der Waals surface area contributed by atoms with Crippen molar-refractivity contribution < 1.29 is 49.6 Å². The summed E-state index contributed by atoms with van der Waals surface area (Å²) in [7, 11) is 0. The van der Waals surface area contributed by atoms with Crippen molar-refractivity contribution in [2.45, 2.75) is 140 Å². The Morgan fingerprint density at radius 2 is 1.57 bits per heavy atom. The number of fused-ring (bicyclic) bond motifs is 7. The third-order valence-corrected chi connectivity index (χ3v) is 13.6. The second-order valence-electron chi connectivity index (χ2n) is 15.4. The molecule has 42 heavy (non-hydrogen) atoms. The molecule has 3 aliphatic heterocycles. The molecule has 0 aromatic heterocycles. The summed E-state index contributed by atoms with van der Waals surface area (Å²) >= 11 is 0. The van der Waals surface area contributed by atoms with E-state index in [9.17, 15) is 30.6 Å². The lowest BCUT2D eigenvalue weighted by Gasteiger charge is -2.59. The number of hydrogen-bond donors (Lipinski definition) is 6. The van der Waals surface area contributed by atoms with Crippen molar-refractivity contribution in [3.8, 4) is 0 Å². The lowest BCUT2D eigenvalue weighted by molar-refractivity contribution is -0.350. The van der Waals surface area contributed by atoms with Gasteiger partial charge in [-0.2, -0.15) is 0 Å². The molecule has 0 spiro atoms. The quantitative estimate of drug-likeness (QED) is 0.281. The first kappa shape index (κ1) is 30.3. The lowest BCUT2D eigenvalue weighted by Crippen LogP contribution is -2.60. The molecule has 3 heterocycles. The molecular weight excluding hydrogens is 544 g/mol. The van der Waals surface area contributed by atoms with Gasteiger partial charge in [-0.15, -0.1) is 0 Å². The van der Waals surface area contributed by atoms with Crippen LogP contribution in [0.25, 0.3) is 0 Å². The van der Waals surface area contributed by atoms with E-state index in [1.807, 2.05) is 6.92 Å². The van der Waals surface area contributed by atoms with Gasteiger partial charge in [-0.05, 0) is 98.7 Å². The Hall–Kier alpha value is -0.400. The lowest BCUT2D eigenvalue weighted by atomic mass is 9.46. The van der Waals surface area contributed by atoms with Crippen LogP contribution in [-0.2, 0) is 18.9 Å². The maximum atomic E-state index is 12.0. The highest BCUT2D eigenvalue weighted by molar-refractivity contribution is 5.12. The SMILES string of the molecule is C[C@@H]1C[C@@H]([C@@]2(O)O[C@H]3C[C@@H]4[C@@H](CC[C@H]5[C@H]4CC[C@H]4C[C@@H](O)CC[C@@]45C)[C@H]3[C@@H]2C)O[C@H]1O[C@@H]1O[C@H](CO)[C@@H](O)[C@H](O)[C@H]1O. The Labute approximate surface area is 248 Å². The van der Waals surface area contributed by atoms with Gasteiger partial charge in [-0.3, -0.25) is 0 Å². The first-order valence-corrected chi connectivity index (χ1v) is 16.7. The molecule has 7 aliphatic rings. The molecule has 0 bridgehead atoms. The van der Waals surface area contributed by atoms with Crippen molar-refractivity contribution in [3.63, 3.8) is 0 Å². The molecule has 19 atom stereocenters. The van der Waals surface area contributed by atoms with Gasteiger partial charge >= 0.3 is 0 Å². The van der Waals surface area contributed by atoms with Crippen molar-refractivity contribution >= 4 is 0 Å². The molecule has 0 aromatic rings. The van der Waals surface area contributed by atoms with Gasteiger partial charge in [0.05, 0.1) is 18.8 Å². The van der Waals surface area contributed by atoms with Gasteiger partial charge in [-0.1, -0.05) is 20.8 Å². The Morgan fingerprint density at radius 3 is 2.33 bits per heavy atom. The zero-order valence-electron chi connectivity index (χ0n) is 25.2. The van der Waals surface area contributed by atoms with Gasteiger partial charge in [0.15, 0.2) is 18.4 Å². The van der Waals surface area contributed by atoms with Crippen molar-refractivity contribution in [2.75, 3.05) is 6.61 Å². The summed E-state index contributed by atoms with van der Waals surface area (Å²) in [5.41, 5.74) is 0.335. The predicted molar refractivity (Wildman–Crippen MR) is 148 cm³/mol. The van der Waals surface area contributed by atoms with E-state index >= 15 is 0 Å². The van der Waals surface area contributed by atoms with Gasteiger partial charge in [0.2, 0.25) is 0 Å². The highest BCUT2D eigenvalue weighted by Gasteiger charge is 2.67. The number of aliphatic hydroxyl groups excluding tert-OH is 5. The summed E-state index contributed by atoms with van der Waals surface area (Å²) < 4.78 is 24.4. The van der Waals surface area contributed by atoms with Crippen molar-refractivity contribution in [2.24, 2.45) is 52.8 Å². The number of aliphatic hydroxyl groups is 6. The standard InChI is InChI=1S/C32H52O10/c1-14-10-24(40-29(14)41-30-28(37)27(36)26(35)23(13-33)39-30)32(38)15(2)25-19-6-7-21-18(20(19)12-22(25)42-32)5-4-16-11-17(34)8-9-31(16,21)3/h14-30,33-38H,4-13H2,1-3H3/t14-,15+,16+,17+,18+,19-,20+,21+,22+,23-,24+,25-,26-,27+,28-,29+,30+,31+,32+/m1/s1. The Morgan fingerprint density at radius 1 is 0.810 bits per heavy atom. The Bertz CT molecular complexity index is 996. The molecule has 7 fully saturated rings. The summed E-state index contributed by atoms with van der Waals surface area (Å²) in [5, 5.41) is 62.6. The van der Waals surface area contributed by atoms with Gasteiger partial charge in [0, 0.05) is 11.8 Å². The average molecular weight is 597 g/mol. The molecule has 240 valence electrons. The van der Waals surface area contributed by atoms with Crippen molar-refractivity contribution in [1.82, 2.24) is 0 Å². The van der Waals surface area contributed by atoms with E-state index in [-0.39, 0.29) is 30.0 Å². The minimum absolute atomic E-state index is 0.00165. The smallest absolute Gasteiger partial charge is 0.195 e. The van der Waals surface area contributed by atoms with Crippen LogP contribution in [0, 0.1) is 52.8 Å². The minimum atomic E-state index is -1.53. The van der Waals surface area contributed by atoms with Gasteiger partial charge in [0.25, 0.3) is 0 Å². The van der Waals surface area contributed by atoms with Crippen molar-refractivity contribution in [3.05, 3.63) is 0 Å². The second kappa shape index (κ2) is 10.9.